The van der Waals surface area contributed by atoms with E-state index in [-0.39, 0.29) is 11.2 Å². The molecule has 1 aliphatic rings. The Labute approximate surface area is 160 Å². The fourth-order valence-electron chi connectivity index (χ4n) is 3.33. The number of fused-ring (bicyclic) bond motifs is 1. The molecule has 1 N–H and O–H groups in total. The van der Waals surface area contributed by atoms with E-state index in [1.807, 2.05) is 47.5 Å². The number of imidazole rings is 1. The summed E-state index contributed by atoms with van der Waals surface area (Å²) in [5.41, 5.74) is 5.01. The normalized spacial score (nSPS) is 16.9. The highest BCUT2D eigenvalue weighted by Crippen LogP contribution is 2.44. The number of carbonyl (C=O) groups excluding carboxylic acids is 1. The van der Waals surface area contributed by atoms with Gasteiger partial charge < -0.3 is 5.32 Å². The number of hydrogen-bond donors (Lipinski definition) is 1. The number of anilines is 1. The Kier molecular flexibility index (Phi) is 4.28. The van der Waals surface area contributed by atoms with E-state index in [1.165, 1.54) is 0 Å². The standard InChI is InChI=1S/C18H18ClN5OS/c1-10-15(11(2)23(3)22-10)17-16-18(21-14(25)8-26-17)20-9-24(16)13-6-4-5-12(19)7-13/h4-7,9,17H,8H2,1-3H3,(H,21,25). The summed E-state index contributed by atoms with van der Waals surface area (Å²) in [6.45, 7) is 4.05. The molecule has 134 valence electrons. The summed E-state index contributed by atoms with van der Waals surface area (Å²) in [4.78, 5) is 16.6. The number of rotatable bonds is 2. The molecule has 1 atom stereocenters. The van der Waals surface area contributed by atoms with Gasteiger partial charge in [-0.05, 0) is 32.0 Å². The van der Waals surface area contributed by atoms with E-state index in [0.29, 0.717) is 16.6 Å². The van der Waals surface area contributed by atoms with Crippen LogP contribution in [0.4, 0.5) is 5.82 Å². The van der Waals surface area contributed by atoms with E-state index in [4.69, 9.17) is 11.6 Å². The smallest absolute Gasteiger partial charge is 0.235 e. The molecule has 3 aromatic rings. The van der Waals surface area contributed by atoms with E-state index in [9.17, 15) is 4.79 Å². The molecule has 26 heavy (non-hydrogen) atoms. The third-order valence-corrected chi connectivity index (χ3v) is 6.06. The van der Waals surface area contributed by atoms with Crippen molar-refractivity contribution in [1.82, 2.24) is 19.3 Å². The summed E-state index contributed by atoms with van der Waals surface area (Å²) in [6, 6.07) is 7.61. The maximum absolute atomic E-state index is 12.2. The lowest BCUT2D eigenvalue weighted by Gasteiger charge is -2.18. The molecule has 6 nitrogen and oxygen atoms in total. The van der Waals surface area contributed by atoms with Gasteiger partial charge >= 0.3 is 0 Å². The van der Waals surface area contributed by atoms with E-state index in [2.05, 4.69) is 22.3 Å². The van der Waals surface area contributed by atoms with Crippen molar-refractivity contribution in [3.63, 3.8) is 0 Å². The molecular weight excluding hydrogens is 370 g/mol. The molecule has 0 saturated heterocycles. The average Bonchev–Trinajstić information content (AvgIpc) is 3.06. The number of carbonyl (C=O) groups is 1. The largest absolute Gasteiger partial charge is 0.308 e. The highest BCUT2D eigenvalue weighted by molar-refractivity contribution is 8.00. The molecule has 4 rings (SSSR count). The first-order valence-electron chi connectivity index (χ1n) is 8.20. The van der Waals surface area contributed by atoms with Crippen molar-refractivity contribution in [1.29, 1.82) is 0 Å². The molecule has 3 heterocycles. The lowest BCUT2D eigenvalue weighted by Crippen LogP contribution is -2.12. The van der Waals surface area contributed by atoms with Crippen LogP contribution in [0, 0.1) is 13.8 Å². The number of aryl methyl sites for hydroxylation is 2. The molecule has 8 heteroatoms. The van der Waals surface area contributed by atoms with Gasteiger partial charge in [0.2, 0.25) is 5.91 Å². The summed E-state index contributed by atoms with van der Waals surface area (Å²) in [5.74, 6) is 0.909. The van der Waals surface area contributed by atoms with E-state index in [1.54, 1.807) is 18.1 Å². The number of benzene rings is 1. The minimum absolute atomic E-state index is 0.0470. The molecule has 1 aliphatic heterocycles. The zero-order valence-electron chi connectivity index (χ0n) is 14.7. The van der Waals surface area contributed by atoms with Crippen LogP contribution >= 0.6 is 23.4 Å². The monoisotopic (exact) mass is 387 g/mol. The Balaban J connectivity index is 1.94. The highest BCUT2D eigenvalue weighted by atomic mass is 35.5. The van der Waals surface area contributed by atoms with Gasteiger partial charge in [0.05, 0.1) is 22.4 Å². The van der Waals surface area contributed by atoms with Crippen LogP contribution in [0.3, 0.4) is 0 Å². The van der Waals surface area contributed by atoms with Crippen LogP contribution in [0.15, 0.2) is 30.6 Å². The first-order valence-corrected chi connectivity index (χ1v) is 9.63. The molecule has 1 unspecified atom stereocenters. The maximum Gasteiger partial charge on any atom is 0.235 e. The van der Waals surface area contributed by atoms with Crippen LogP contribution in [0.2, 0.25) is 5.02 Å². The van der Waals surface area contributed by atoms with Crippen LogP contribution in [0.25, 0.3) is 5.69 Å². The number of aromatic nitrogens is 4. The number of thioether (sulfide) groups is 1. The summed E-state index contributed by atoms with van der Waals surface area (Å²) in [7, 11) is 1.94. The molecule has 1 aromatic carbocycles. The van der Waals surface area contributed by atoms with Gasteiger partial charge in [0, 0.05) is 29.0 Å². The Hall–Kier alpha value is -2.25. The van der Waals surface area contributed by atoms with Crippen LogP contribution in [-0.2, 0) is 11.8 Å². The predicted molar refractivity (Wildman–Crippen MR) is 104 cm³/mol. The Bertz CT molecular complexity index is 1010. The zero-order valence-corrected chi connectivity index (χ0v) is 16.2. The Morgan fingerprint density at radius 2 is 2.15 bits per heavy atom. The van der Waals surface area contributed by atoms with Crippen LogP contribution in [0.1, 0.15) is 27.9 Å². The van der Waals surface area contributed by atoms with Gasteiger partial charge in [0.1, 0.15) is 6.33 Å². The van der Waals surface area contributed by atoms with E-state index >= 15 is 0 Å². The second-order valence-corrected chi connectivity index (χ2v) is 7.81. The van der Waals surface area contributed by atoms with Gasteiger partial charge in [-0.3, -0.25) is 14.0 Å². The second kappa shape index (κ2) is 6.48. The van der Waals surface area contributed by atoms with Crippen molar-refractivity contribution in [3.05, 3.63) is 58.3 Å². The summed E-state index contributed by atoms with van der Waals surface area (Å²) in [5, 5.41) is 8.07. The lowest BCUT2D eigenvalue weighted by atomic mass is 10.1. The number of nitrogens with zero attached hydrogens (tertiary/aromatic N) is 4. The topological polar surface area (TPSA) is 64.7 Å². The predicted octanol–water partition coefficient (Wildman–Crippen LogP) is 3.65. The van der Waals surface area contributed by atoms with Crippen LogP contribution in [0.5, 0.6) is 0 Å². The van der Waals surface area contributed by atoms with Crippen molar-refractivity contribution in [2.75, 3.05) is 11.1 Å². The van der Waals surface area contributed by atoms with Gasteiger partial charge in [-0.2, -0.15) is 5.10 Å². The SMILES string of the molecule is Cc1nn(C)c(C)c1C1SCC(=O)Nc2ncn(-c3cccc(Cl)c3)c21. The quantitative estimate of drug-likeness (QED) is 0.728. The van der Waals surface area contributed by atoms with Gasteiger partial charge in [0.15, 0.2) is 5.82 Å². The third-order valence-electron chi connectivity index (χ3n) is 4.61. The molecule has 0 aliphatic carbocycles. The second-order valence-electron chi connectivity index (χ2n) is 6.28. The Morgan fingerprint density at radius 3 is 2.85 bits per heavy atom. The minimum Gasteiger partial charge on any atom is -0.308 e. The molecule has 1 amide bonds. The third kappa shape index (κ3) is 2.81. The van der Waals surface area contributed by atoms with Crippen molar-refractivity contribution < 1.29 is 4.79 Å². The molecular formula is C18H18ClN5OS. The molecule has 0 fully saturated rings. The fraction of sp³-hybridized carbons (Fsp3) is 0.278. The molecule has 0 radical (unpaired) electrons. The first-order chi connectivity index (χ1) is 12.5. The van der Waals surface area contributed by atoms with Crippen LogP contribution < -0.4 is 5.32 Å². The zero-order chi connectivity index (χ0) is 18.4. The van der Waals surface area contributed by atoms with Gasteiger partial charge in [-0.15, -0.1) is 11.8 Å². The average molecular weight is 388 g/mol. The number of halogens is 1. The highest BCUT2D eigenvalue weighted by Gasteiger charge is 2.32. The van der Waals surface area contributed by atoms with Crippen LogP contribution in [-0.4, -0.2) is 31.0 Å². The molecule has 0 saturated carbocycles. The number of amides is 1. The van der Waals surface area contributed by atoms with Crippen molar-refractivity contribution in [2.24, 2.45) is 7.05 Å². The number of hydrogen-bond acceptors (Lipinski definition) is 4. The minimum atomic E-state index is -0.0564. The fourth-order valence-corrected chi connectivity index (χ4v) is 4.80. The van der Waals surface area contributed by atoms with Gasteiger partial charge in [-0.1, -0.05) is 17.7 Å². The summed E-state index contributed by atoms with van der Waals surface area (Å²) >= 11 is 7.77. The molecule has 0 bridgehead atoms. The Morgan fingerprint density at radius 1 is 1.35 bits per heavy atom. The van der Waals surface area contributed by atoms with Crippen molar-refractivity contribution >= 4 is 35.1 Å². The number of nitrogens with one attached hydrogen (secondary N) is 1. The van der Waals surface area contributed by atoms with Crippen molar-refractivity contribution in [3.8, 4) is 5.69 Å². The van der Waals surface area contributed by atoms with E-state index < -0.39 is 0 Å². The summed E-state index contributed by atoms with van der Waals surface area (Å²) < 4.78 is 3.88. The summed E-state index contributed by atoms with van der Waals surface area (Å²) in [6.07, 6.45) is 1.73. The van der Waals surface area contributed by atoms with Gasteiger partial charge in [-0.25, -0.2) is 4.98 Å². The van der Waals surface area contributed by atoms with Crippen molar-refractivity contribution in [2.45, 2.75) is 19.1 Å². The maximum atomic E-state index is 12.2. The van der Waals surface area contributed by atoms with Gasteiger partial charge in [0.25, 0.3) is 0 Å². The molecule has 0 spiro atoms. The first kappa shape index (κ1) is 17.2. The molecule has 2 aromatic heterocycles. The van der Waals surface area contributed by atoms with E-state index in [0.717, 1.165) is 28.3 Å². The lowest BCUT2D eigenvalue weighted by molar-refractivity contribution is -0.113.